The lowest BCUT2D eigenvalue weighted by molar-refractivity contribution is 0.130. The van der Waals surface area contributed by atoms with E-state index in [4.69, 9.17) is 0 Å². The van der Waals surface area contributed by atoms with Crippen molar-refractivity contribution in [3.05, 3.63) is 15.9 Å². The summed E-state index contributed by atoms with van der Waals surface area (Å²) in [5.74, 6) is 0.431. The van der Waals surface area contributed by atoms with Crippen molar-refractivity contribution in [1.82, 2.24) is 9.62 Å². The van der Waals surface area contributed by atoms with Crippen LogP contribution in [-0.4, -0.2) is 39.0 Å². The Morgan fingerprint density at radius 2 is 1.95 bits per heavy atom. The van der Waals surface area contributed by atoms with Crippen molar-refractivity contribution in [1.29, 1.82) is 0 Å². The van der Waals surface area contributed by atoms with Crippen LogP contribution in [0.2, 0.25) is 0 Å². The molecule has 1 saturated heterocycles. The van der Waals surface area contributed by atoms with Gasteiger partial charge in [-0.1, -0.05) is 20.3 Å². The molecule has 1 aliphatic rings. The summed E-state index contributed by atoms with van der Waals surface area (Å²) in [7, 11) is -3.39. The highest BCUT2D eigenvalue weighted by molar-refractivity contribution is 9.11. The van der Waals surface area contributed by atoms with E-state index < -0.39 is 10.0 Å². The molecule has 2 rings (SSSR count). The molecule has 1 unspecified atom stereocenters. The summed E-state index contributed by atoms with van der Waals surface area (Å²) in [5, 5.41) is 0. The minimum atomic E-state index is -3.39. The number of halogens is 1. The standard InChI is InChI=1S/C14H23BrN2O2S2/c1-11(2)12(17-8-4-3-5-9-17)10-16-21(18,19)14-7-6-13(15)20-14/h6-7,11-12,16H,3-5,8-10H2,1-2H3. The molecule has 0 saturated carbocycles. The smallest absolute Gasteiger partial charge is 0.250 e. The molecule has 4 nitrogen and oxygen atoms in total. The lowest BCUT2D eigenvalue weighted by Crippen LogP contribution is -2.48. The lowest BCUT2D eigenvalue weighted by atomic mass is 9.99. The van der Waals surface area contributed by atoms with Crippen molar-refractivity contribution in [3.63, 3.8) is 0 Å². The van der Waals surface area contributed by atoms with Crippen LogP contribution in [0.25, 0.3) is 0 Å². The van der Waals surface area contributed by atoms with Crippen LogP contribution in [0, 0.1) is 5.92 Å². The van der Waals surface area contributed by atoms with Crippen LogP contribution in [0.4, 0.5) is 0 Å². The minimum absolute atomic E-state index is 0.267. The molecular formula is C14H23BrN2O2S2. The molecule has 1 N–H and O–H groups in total. The van der Waals surface area contributed by atoms with E-state index in [0.717, 1.165) is 16.9 Å². The molecule has 0 amide bonds. The van der Waals surface area contributed by atoms with Gasteiger partial charge in [-0.25, -0.2) is 13.1 Å². The molecule has 120 valence electrons. The van der Waals surface area contributed by atoms with Gasteiger partial charge in [0.05, 0.1) is 3.79 Å². The van der Waals surface area contributed by atoms with Crippen molar-refractivity contribution in [2.45, 2.75) is 43.4 Å². The molecule has 0 spiro atoms. The highest BCUT2D eigenvalue weighted by atomic mass is 79.9. The van der Waals surface area contributed by atoms with E-state index in [1.165, 1.54) is 30.6 Å². The van der Waals surface area contributed by atoms with Crippen molar-refractivity contribution in [2.75, 3.05) is 19.6 Å². The molecule has 21 heavy (non-hydrogen) atoms. The van der Waals surface area contributed by atoms with Gasteiger partial charge in [0, 0.05) is 12.6 Å². The Labute approximate surface area is 140 Å². The molecule has 1 aromatic rings. The van der Waals surface area contributed by atoms with Crippen molar-refractivity contribution < 1.29 is 8.42 Å². The zero-order valence-corrected chi connectivity index (χ0v) is 15.7. The topological polar surface area (TPSA) is 49.4 Å². The molecule has 0 aliphatic carbocycles. The van der Waals surface area contributed by atoms with Crippen LogP contribution in [-0.2, 0) is 10.0 Å². The number of piperidine rings is 1. The lowest BCUT2D eigenvalue weighted by Gasteiger charge is -2.37. The van der Waals surface area contributed by atoms with Crippen molar-refractivity contribution >= 4 is 37.3 Å². The molecule has 2 heterocycles. The van der Waals surface area contributed by atoms with Gasteiger partial charge in [0.2, 0.25) is 10.0 Å². The maximum absolute atomic E-state index is 12.3. The van der Waals surface area contributed by atoms with Gasteiger partial charge in [-0.05, 0) is 59.9 Å². The molecule has 1 aromatic heterocycles. The number of likely N-dealkylation sites (tertiary alicyclic amines) is 1. The average molecular weight is 395 g/mol. The third kappa shape index (κ3) is 4.76. The van der Waals surface area contributed by atoms with Gasteiger partial charge in [-0.3, -0.25) is 4.90 Å². The third-order valence-corrected chi connectivity index (χ3v) is 7.46. The fourth-order valence-corrected chi connectivity index (χ4v) is 5.85. The molecule has 0 bridgehead atoms. The largest absolute Gasteiger partial charge is 0.299 e. The summed E-state index contributed by atoms with van der Waals surface area (Å²) in [4.78, 5) is 2.43. The van der Waals surface area contributed by atoms with Gasteiger partial charge in [-0.2, -0.15) is 0 Å². The quantitative estimate of drug-likeness (QED) is 0.804. The first kappa shape index (κ1) is 17.4. The molecule has 1 atom stereocenters. The Balaban J connectivity index is 2.01. The van der Waals surface area contributed by atoms with Crippen LogP contribution in [0.3, 0.4) is 0 Å². The van der Waals surface area contributed by atoms with E-state index in [9.17, 15) is 8.42 Å². The zero-order valence-electron chi connectivity index (χ0n) is 12.5. The Morgan fingerprint density at radius 1 is 1.29 bits per heavy atom. The molecule has 1 aliphatic heterocycles. The summed E-state index contributed by atoms with van der Waals surface area (Å²) in [6.07, 6.45) is 3.72. The van der Waals surface area contributed by atoms with E-state index in [-0.39, 0.29) is 6.04 Å². The predicted molar refractivity (Wildman–Crippen MR) is 91.3 cm³/mol. The van der Waals surface area contributed by atoms with Gasteiger partial charge in [-0.15, -0.1) is 11.3 Å². The van der Waals surface area contributed by atoms with Gasteiger partial charge >= 0.3 is 0 Å². The minimum Gasteiger partial charge on any atom is -0.299 e. The molecule has 0 aromatic carbocycles. The third-order valence-electron chi connectivity index (χ3n) is 3.93. The summed E-state index contributed by atoms with van der Waals surface area (Å²) in [6, 6.07) is 3.68. The van der Waals surface area contributed by atoms with E-state index in [1.807, 2.05) is 0 Å². The average Bonchev–Trinajstić information content (AvgIpc) is 2.87. The number of nitrogens with zero attached hydrogens (tertiary/aromatic N) is 1. The Kier molecular flexibility index (Phi) is 6.25. The van der Waals surface area contributed by atoms with Gasteiger partial charge < -0.3 is 0 Å². The monoisotopic (exact) mass is 394 g/mol. The van der Waals surface area contributed by atoms with E-state index >= 15 is 0 Å². The van der Waals surface area contributed by atoms with Crippen molar-refractivity contribution in [2.24, 2.45) is 5.92 Å². The Hall–Kier alpha value is 0.0500. The first-order chi connectivity index (χ1) is 9.90. The van der Waals surface area contributed by atoms with Gasteiger partial charge in [0.25, 0.3) is 0 Å². The van der Waals surface area contributed by atoms with E-state index in [2.05, 4.69) is 39.4 Å². The van der Waals surface area contributed by atoms with E-state index in [1.54, 1.807) is 12.1 Å². The second-order valence-corrected chi connectivity index (χ2v) is 10.3. The highest BCUT2D eigenvalue weighted by Gasteiger charge is 2.26. The van der Waals surface area contributed by atoms with Crippen LogP contribution in [0.5, 0.6) is 0 Å². The fourth-order valence-electron chi connectivity index (χ4n) is 2.74. The number of nitrogens with one attached hydrogen (secondary N) is 1. The fraction of sp³-hybridized carbons (Fsp3) is 0.714. The number of thiophene rings is 1. The van der Waals surface area contributed by atoms with Crippen LogP contribution >= 0.6 is 27.3 Å². The second-order valence-electron chi connectivity index (χ2n) is 5.82. The second kappa shape index (κ2) is 7.55. The normalized spacial score (nSPS) is 19.0. The number of sulfonamides is 1. The van der Waals surface area contributed by atoms with Crippen LogP contribution in [0.15, 0.2) is 20.1 Å². The summed E-state index contributed by atoms with van der Waals surface area (Å²) in [5.41, 5.74) is 0. The Morgan fingerprint density at radius 3 is 2.48 bits per heavy atom. The molecule has 0 radical (unpaired) electrons. The Bertz CT molecular complexity index is 551. The van der Waals surface area contributed by atoms with Gasteiger partial charge in [0.1, 0.15) is 4.21 Å². The number of rotatable bonds is 6. The van der Waals surface area contributed by atoms with Gasteiger partial charge in [0.15, 0.2) is 0 Å². The van der Waals surface area contributed by atoms with Crippen LogP contribution in [0.1, 0.15) is 33.1 Å². The maximum Gasteiger partial charge on any atom is 0.250 e. The summed E-state index contributed by atoms with van der Waals surface area (Å²) >= 11 is 4.55. The summed E-state index contributed by atoms with van der Waals surface area (Å²) < 4.78 is 28.6. The number of hydrogen-bond donors (Lipinski definition) is 1. The number of hydrogen-bond acceptors (Lipinski definition) is 4. The van der Waals surface area contributed by atoms with E-state index in [0.29, 0.717) is 16.7 Å². The highest BCUT2D eigenvalue weighted by Crippen LogP contribution is 2.26. The maximum atomic E-state index is 12.3. The first-order valence-electron chi connectivity index (χ1n) is 7.39. The predicted octanol–water partition coefficient (Wildman–Crippen LogP) is 3.30. The molecular weight excluding hydrogens is 372 g/mol. The molecule has 7 heteroatoms. The molecule has 1 fully saturated rings. The first-order valence-corrected chi connectivity index (χ1v) is 10.5. The zero-order chi connectivity index (χ0) is 15.5. The van der Waals surface area contributed by atoms with Crippen LogP contribution < -0.4 is 4.72 Å². The summed E-state index contributed by atoms with van der Waals surface area (Å²) in [6.45, 7) is 6.96. The SMILES string of the molecule is CC(C)C(CNS(=O)(=O)c1ccc(Br)s1)N1CCCCC1. The van der Waals surface area contributed by atoms with Crippen molar-refractivity contribution in [3.8, 4) is 0 Å².